The maximum absolute atomic E-state index is 12.4. The smallest absolute Gasteiger partial charge is 0.288 e. The molecule has 2 heterocycles. The van der Waals surface area contributed by atoms with E-state index < -0.39 is 12.1 Å². The van der Waals surface area contributed by atoms with E-state index in [1.54, 1.807) is 0 Å². The summed E-state index contributed by atoms with van der Waals surface area (Å²) in [6.45, 7) is 0.0564. The van der Waals surface area contributed by atoms with Gasteiger partial charge in [0.15, 0.2) is 0 Å². The van der Waals surface area contributed by atoms with Crippen molar-refractivity contribution in [3.05, 3.63) is 35.2 Å². The first-order chi connectivity index (χ1) is 8.48. The fourth-order valence-electron chi connectivity index (χ4n) is 2.40. The number of allylic oxidation sites excluding steroid dienone is 4. The van der Waals surface area contributed by atoms with Crippen molar-refractivity contribution in [3.63, 3.8) is 0 Å². The highest BCUT2D eigenvalue weighted by atomic mass is 19.4. The molecule has 2 aliphatic heterocycles. The number of hydrogen-bond donors (Lipinski definition) is 0. The molecule has 94 valence electrons. The van der Waals surface area contributed by atoms with Crippen LogP contribution in [-0.4, -0.2) is 29.2 Å². The second-order valence-corrected chi connectivity index (χ2v) is 4.28. The highest BCUT2D eigenvalue weighted by molar-refractivity contribution is 6.09. The van der Waals surface area contributed by atoms with E-state index in [4.69, 9.17) is 0 Å². The lowest BCUT2D eigenvalue weighted by molar-refractivity contribution is -0.182. The van der Waals surface area contributed by atoms with Gasteiger partial charge in [0.05, 0.1) is 5.71 Å². The van der Waals surface area contributed by atoms with E-state index >= 15 is 0 Å². The van der Waals surface area contributed by atoms with Crippen molar-refractivity contribution >= 4 is 11.6 Å². The van der Waals surface area contributed by atoms with Crippen molar-refractivity contribution in [2.24, 2.45) is 4.99 Å². The number of fused-ring (bicyclic) bond motifs is 2. The van der Waals surface area contributed by atoms with Crippen molar-refractivity contribution in [2.45, 2.75) is 19.0 Å². The third kappa shape index (κ3) is 1.52. The van der Waals surface area contributed by atoms with Gasteiger partial charge in [0.25, 0.3) is 0 Å². The molecule has 0 radical (unpaired) electrons. The zero-order valence-electron chi connectivity index (χ0n) is 9.29. The summed E-state index contributed by atoms with van der Waals surface area (Å²) in [6, 6.07) is 0. The largest absolute Gasteiger partial charge is 0.471 e. The fourth-order valence-corrected chi connectivity index (χ4v) is 2.40. The molecule has 0 spiro atoms. The maximum atomic E-state index is 12.4. The Hall–Kier alpha value is -1.85. The van der Waals surface area contributed by atoms with E-state index in [1.807, 2.05) is 18.2 Å². The van der Waals surface area contributed by atoms with E-state index in [1.165, 1.54) is 0 Å². The summed E-state index contributed by atoms with van der Waals surface area (Å²) in [5.41, 5.74) is 2.39. The van der Waals surface area contributed by atoms with E-state index in [0.717, 1.165) is 21.8 Å². The Bertz CT molecular complexity index is 552. The van der Waals surface area contributed by atoms with E-state index in [2.05, 4.69) is 4.99 Å². The molecular formula is C12H9F3N2O. The topological polar surface area (TPSA) is 32.7 Å². The molecule has 0 saturated carbocycles. The predicted molar refractivity (Wildman–Crippen MR) is 58.7 cm³/mol. The highest BCUT2D eigenvalue weighted by Crippen LogP contribution is 2.39. The molecule has 3 aliphatic rings. The number of alkyl halides is 3. The van der Waals surface area contributed by atoms with Crippen LogP contribution in [0, 0.1) is 0 Å². The Balaban J connectivity index is 1.96. The molecule has 3 nitrogen and oxygen atoms in total. The Morgan fingerprint density at radius 1 is 1.39 bits per heavy atom. The van der Waals surface area contributed by atoms with Gasteiger partial charge in [0.2, 0.25) is 0 Å². The summed E-state index contributed by atoms with van der Waals surface area (Å²) in [7, 11) is 0. The minimum absolute atomic E-state index is 0.0564. The molecule has 0 aromatic rings. The first-order valence-corrected chi connectivity index (χ1v) is 5.55. The quantitative estimate of drug-likeness (QED) is 0.653. The van der Waals surface area contributed by atoms with Crippen molar-refractivity contribution in [1.29, 1.82) is 0 Å². The summed E-state index contributed by atoms with van der Waals surface area (Å²) in [5.74, 6) is -1.65. The van der Waals surface area contributed by atoms with Crippen LogP contribution < -0.4 is 0 Å². The summed E-state index contributed by atoms with van der Waals surface area (Å²) >= 11 is 0. The van der Waals surface area contributed by atoms with E-state index in [0.29, 0.717) is 12.8 Å². The molecule has 18 heavy (non-hydrogen) atoms. The van der Waals surface area contributed by atoms with Gasteiger partial charge >= 0.3 is 12.1 Å². The van der Waals surface area contributed by atoms with Crippen LogP contribution in [0.4, 0.5) is 13.2 Å². The molecule has 0 N–H and O–H groups in total. The van der Waals surface area contributed by atoms with Gasteiger partial charge in [-0.3, -0.25) is 9.69 Å². The Labute approximate surface area is 101 Å². The first-order valence-electron chi connectivity index (χ1n) is 5.55. The predicted octanol–water partition coefficient (Wildman–Crippen LogP) is 2.33. The molecule has 1 aliphatic carbocycles. The van der Waals surface area contributed by atoms with Gasteiger partial charge in [-0.25, -0.2) is 4.99 Å². The lowest BCUT2D eigenvalue weighted by Crippen LogP contribution is -2.38. The molecule has 6 heteroatoms. The first kappa shape index (κ1) is 11.3. The van der Waals surface area contributed by atoms with Gasteiger partial charge < -0.3 is 0 Å². The van der Waals surface area contributed by atoms with E-state index in [-0.39, 0.29) is 12.4 Å². The number of nitrogens with zero attached hydrogens (tertiary/aromatic N) is 2. The molecule has 0 aromatic heterocycles. The zero-order chi connectivity index (χ0) is 12.9. The standard InChI is InChI=1S/C12H9F3N2O/c13-12(14,15)11(18)17-6-5-8-7-3-1-2-4-9(7)16-10(8)17/h1-3H,4-6H2. The average molecular weight is 254 g/mol. The summed E-state index contributed by atoms with van der Waals surface area (Å²) in [6.07, 6.45) is 1.78. The number of amides is 1. The van der Waals surface area contributed by atoms with Gasteiger partial charge in [-0.2, -0.15) is 13.2 Å². The molecule has 0 bridgehead atoms. The Kier molecular flexibility index (Phi) is 2.23. The summed E-state index contributed by atoms with van der Waals surface area (Å²) < 4.78 is 37.3. The minimum atomic E-state index is -4.84. The molecule has 0 unspecified atom stereocenters. The van der Waals surface area contributed by atoms with Crippen LogP contribution >= 0.6 is 0 Å². The number of hydrogen-bond acceptors (Lipinski definition) is 2. The van der Waals surface area contributed by atoms with Crippen LogP contribution in [0.5, 0.6) is 0 Å². The van der Waals surface area contributed by atoms with Gasteiger partial charge in [0.1, 0.15) is 5.82 Å². The van der Waals surface area contributed by atoms with Crippen LogP contribution in [0.25, 0.3) is 0 Å². The Morgan fingerprint density at radius 3 is 2.89 bits per heavy atom. The second-order valence-electron chi connectivity index (χ2n) is 4.28. The molecule has 0 atom stereocenters. The molecule has 1 amide bonds. The van der Waals surface area contributed by atoms with Crippen LogP contribution in [0.3, 0.4) is 0 Å². The lowest BCUT2D eigenvalue weighted by atomic mass is 9.96. The zero-order valence-corrected chi connectivity index (χ0v) is 9.29. The number of carbonyl (C=O) groups is 1. The SMILES string of the molecule is O=C(N1CCC2=C1N=C1CC=CC=C12)C(F)(F)F. The van der Waals surface area contributed by atoms with Crippen molar-refractivity contribution < 1.29 is 18.0 Å². The average Bonchev–Trinajstić information content (AvgIpc) is 2.84. The van der Waals surface area contributed by atoms with Crippen molar-refractivity contribution in [3.8, 4) is 0 Å². The molecule has 0 saturated heterocycles. The van der Waals surface area contributed by atoms with Gasteiger partial charge in [-0.1, -0.05) is 18.2 Å². The fraction of sp³-hybridized carbons (Fsp3) is 0.333. The molecule has 3 rings (SSSR count). The van der Waals surface area contributed by atoms with Crippen LogP contribution in [0.2, 0.25) is 0 Å². The minimum Gasteiger partial charge on any atom is -0.288 e. The number of halogens is 3. The highest BCUT2D eigenvalue weighted by Gasteiger charge is 2.47. The molecule has 0 fully saturated rings. The number of rotatable bonds is 0. The molecule has 0 aromatic carbocycles. The van der Waals surface area contributed by atoms with Crippen molar-refractivity contribution in [1.82, 2.24) is 4.90 Å². The monoisotopic (exact) mass is 254 g/mol. The lowest BCUT2D eigenvalue weighted by Gasteiger charge is -2.18. The number of aliphatic imine (C=N–C) groups is 1. The van der Waals surface area contributed by atoms with Crippen LogP contribution in [0.15, 0.2) is 40.2 Å². The third-order valence-corrected chi connectivity index (χ3v) is 3.19. The van der Waals surface area contributed by atoms with Crippen LogP contribution in [0.1, 0.15) is 12.8 Å². The third-order valence-electron chi connectivity index (χ3n) is 3.19. The second kappa shape index (κ2) is 3.57. The Morgan fingerprint density at radius 2 is 2.17 bits per heavy atom. The summed E-state index contributed by atoms with van der Waals surface area (Å²) in [4.78, 5) is 16.2. The normalized spacial score (nSPS) is 21.8. The van der Waals surface area contributed by atoms with Gasteiger partial charge in [0, 0.05) is 24.1 Å². The number of carbonyl (C=O) groups excluding carboxylic acids is 1. The summed E-state index contributed by atoms with van der Waals surface area (Å²) in [5, 5.41) is 0. The van der Waals surface area contributed by atoms with Gasteiger partial charge in [-0.15, -0.1) is 0 Å². The molecular weight excluding hydrogens is 245 g/mol. The van der Waals surface area contributed by atoms with E-state index in [9.17, 15) is 18.0 Å². The van der Waals surface area contributed by atoms with Crippen molar-refractivity contribution in [2.75, 3.05) is 6.54 Å². The van der Waals surface area contributed by atoms with Gasteiger partial charge in [-0.05, 0) is 6.42 Å². The van der Waals surface area contributed by atoms with Crippen LogP contribution in [-0.2, 0) is 4.79 Å². The maximum Gasteiger partial charge on any atom is 0.471 e.